The van der Waals surface area contributed by atoms with Crippen molar-refractivity contribution in [2.24, 2.45) is 0 Å². The fraction of sp³-hybridized carbons (Fsp3) is 0.577. The topological polar surface area (TPSA) is 88.3 Å². The van der Waals surface area contributed by atoms with Crippen molar-refractivity contribution in [3.8, 4) is 0 Å². The first-order chi connectivity index (χ1) is 17.2. The predicted molar refractivity (Wildman–Crippen MR) is 132 cm³/mol. The molecule has 3 aliphatic rings. The van der Waals surface area contributed by atoms with Crippen LogP contribution in [0.2, 0.25) is 0 Å². The third-order valence-electron chi connectivity index (χ3n) is 8.39. The monoisotopic (exact) mass is 498 g/mol. The van der Waals surface area contributed by atoms with Crippen molar-refractivity contribution in [2.75, 3.05) is 31.6 Å². The number of halogens is 2. The smallest absolute Gasteiger partial charge is 0.272 e. The standard InChI is InChI=1S/C26H32F2N6O2/c1-15-8-18-11-29-24(32-21-12-30-34(16(21)2)22-10-26(22,27)28)31-20(18)9-19(15)17-4-6-33(7-5-17)25(3)14-36-13-23(25)35/h8-9,11-12,17,22-23,35H,4-7,10,13-14H2,1-3H3,(H,29,31,32). The van der Waals surface area contributed by atoms with Crippen LogP contribution < -0.4 is 5.32 Å². The molecule has 0 radical (unpaired) electrons. The lowest BCUT2D eigenvalue weighted by Gasteiger charge is -2.43. The molecule has 192 valence electrons. The van der Waals surface area contributed by atoms with E-state index in [4.69, 9.17) is 9.72 Å². The Morgan fingerprint density at radius 1 is 1.17 bits per heavy atom. The largest absolute Gasteiger partial charge is 0.389 e. The van der Waals surface area contributed by atoms with Crippen LogP contribution in [-0.2, 0) is 4.74 Å². The lowest BCUT2D eigenvalue weighted by molar-refractivity contribution is -0.00214. The van der Waals surface area contributed by atoms with Crippen LogP contribution in [0.25, 0.3) is 10.9 Å². The first-order valence-corrected chi connectivity index (χ1v) is 12.6. The van der Waals surface area contributed by atoms with Gasteiger partial charge < -0.3 is 15.2 Å². The molecule has 6 rings (SSSR count). The highest BCUT2D eigenvalue weighted by atomic mass is 19.3. The van der Waals surface area contributed by atoms with E-state index in [1.165, 1.54) is 15.8 Å². The van der Waals surface area contributed by atoms with Gasteiger partial charge in [0.25, 0.3) is 5.92 Å². The van der Waals surface area contributed by atoms with E-state index in [-0.39, 0.29) is 12.0 Å². The van der Waals surface area contributed by atoms with E-state index in [0.717, 1.165) is 36.8 Å². The van der Waals surface area contributed by atoms with Gasteiger partial charge in [-0.25, -0.2) is 18.7 Å². The number of rotatable bonds is 5. The summed E-state index contributed by atoms with van der Waals surface area (Å²) in [4.78, 5) is 11.6. The normalized spacial score (nSPS) is 28.6. The van der Waals surface area contributed by atoms with Crippen molar-refractivity contribution in [3.63, 3.8) is 0 Å². The van der Waals surface area contributed by atoms with Gasteiger partial charge in [0.1, 0.15) is 6.04 Å². The van der Waals surface area contributed by atoms with Gasteiger partial charge in [0.05, 0.1) is 48.0 Å². The molecule has 0 amide bonds. The molecule has 2 N–H and O–H groups in total. The quantitative estimate of drug-likeness (QED) is 0.548. The van der Waals surface area contributed by atoms with Crippen molar-refractivity contribution in [3.05, 3.63) is 41.3 Å². The van der Waals surface area contributed by atoms with Crippen LogP contribution in [0.3, 0.4) is 0 Å². The number of benzene rings is 1. The molecule has 3 unspecified atom stereocenters. The highest BCUT2D eigenvalue weighted by molar-refractivity contribution is 5.81. The number of anilines is 2. The lowest BCUT2D eigenvalue weighted by atomic mass is 9.84. The number of aryl methyl sites for hydroxylation is 1. The van der Waals surface area contributed by atoms with Gasteiger partial charge in [0.15, 0.2) is 0 Å². The minimum absolute atomic E-state index is 0.171. The maximum absolute atomic E-state index is 13.5. The first kappa shape index (κ1) is 23.7. The molecule has 36 heavy (non-hydrogen) atoms. The molecule has 1 aromatic carbocycles. The summed E-state index contributed by atoms with van der Waals surface area (Å²) in [7, 11) is 0. The molecule has 3 atom stereocenters. The van der Waals surface area contributed by atoms with Gasteiger partial charge in [-0.3, -0.25) is 9.58 Å². The molecule has 0 spiro atoms. The highest BCUT2D eigenvalue weighted by Gasteiger charge is 2.59. The van der Waals surface area contributed by atoms with Crippen LogP contribution in [0, 0.1) is 13.8 Å². The van der Waals surface area contributed by atoms with Crippen molar-refractivity contribution in [1.29, 1.82) is 0 Å². The second kappa shape index (κ2) is 8.43. The van der Waals surface area contributed by atoms with Crippen LogP contribution >= 0.6 is 0 Å². The Morgan fingerprint density at radius 2 is 1.92 bits per heavy atom. The van der Waals surface area contributed by atoms with Crippen LogP contribution in [-0.4, -0.2) is 73.6 Å². The summed E-state index contributed by atoms with van der Waals surface area (Å²) in [5.74, 6) is -1.85. The van der Waals surface area contributed by atoms with Gasteiger partial charge in [0.2, 0.25) is 5.95 Å². The van der Waals surface area contributed by atoms with E-state index in [1.54, 1.807) is 19.3 Å². The predicted octanol–water partition coefficient (Wildman–Crippen LogP) is 4.10. The summed E-state index contributed by atoms with van der Waals surface area (Å²) >= 11 is 0. The van der Waals surface area contributed by atoms with E-state index in [9.17, 15) is 13.9 Å². The number of nitrogens with one attached hydrogen (secondary N) is 1. The second-order valence-electron chi connectivity index (χ2n) is 10.8. The summed E-state index contributed by atoms with van der Waals surface area (Å²) in [6.45, 7) is 8.81. The van der Waals surface area contributed by atoms with Gasteiger partial charge in [-0.15, -0.1) is 0 Å². The number of aromatic nitrogens is 4. The summed E-state index contributed by atoms with van der Waals surface area (Å²) in [5.41, 5.74) is 4.33. The molecular weight excluding hydrogens is 466 g/mol. The maximum atomic E-state index is 13.5. The SMILES string of the molecule is Cc1cc2cnc(Nc3cnn(C4CC4(F)F)c3C)nc2cc1C1CCN(C2(C)COCC2O)CC1. The number of likely N-dealkylation sites (tertiary alicyclic amines) is 1. The van der Waals surface area contributed by atoms with Gasteiger partial charge in [-0.05, 0) is 75.9 Å². The molecule has 10 heteroatoms. The Kier molecular flexibility index (Phi) is 5.55. The van der Waals surface area contributed by atoms with Gasteiger partial charge in [-0.1, -0.05) is 0 Å². The molecule has 4 heterocycles. The number of nitrogens with zero attached hydrogens (tertiary/aromatic N) is 5. The van der Waals surface area contributed by atoms with Gasteiger partial charge >= 0.3 is 0 Å². The average Bonchev–Trinajstić information content (AvgIpc) is 3.13. The molecule has 2 saturated heterocycles. The molecule has 1 aliphatic carbocycles. The number of hydrogen-bond donors (Lipinski definition) is 2. The summed E-state index contributed by atoms with van der Waals surface area (Å²) in [6.07, 6.45) is 4.75. The minimum atomic E-state index is -2.68. The highest BCUT2D eigenvalue weighted by Crippen LogP contribution is 2.53. The van der Waals surface area contributed by atoms with Crippen LogP contribution in [0.5, 0.6) is 0 Å². The third kappa shape index (κ3) is 3.95. The van der Waals surface area contributed by atoms with Gasteiger partial charge in [0, 0.05) is 18.0 Å². The Hall–Kier alpha value is -2.69. The minimum Gasteiger partial charge on any atom is -0.389 e. The van der Waals surface area contributed by atoms with E-state index < -0.39 is 18.1 Å². The second-order valence-corrected chi connectivity index (χ2v) is 10.8. The number of piperidine rings is 1. The Bertz CT molecular complexity index is 1310. The molecule has 0 bridgehead atoms. The summed E-state index contributed by atoms with van der Waals surface area (Å²) < 4.78 is 33.9. The van der Waals surface area contributed by atoms with Crippen molar-refractivity contribution >= 4 is 22.5 Å². The van der Waals surface area contributed by atoms with Crippen molar-refractivity contribution in [2.45, 2.75) is 69.6 Å². The van der Waals surface area contributed by atoms with E-state index in [2.05, 4.69) is 46.3 Å². The number of alkyl halides is 2. The number of aliphatic hydroxyl groups excluding tert-OH is 1. The molecule has 2 aromatic heterocycles. The van der Waals surface area contributed by atoms with E-state index >= 15 is 0 Å². The number of ether oxygens (including phenoxy) is 1. The zero-order valence-electron chi connectivity index (χ0n) is 20.8. The zero-order valence-corrected chi connectivity index (χ0v) is 20.8. The molecular formula is C26H32F2N6O2. The Labute approximate surface area is 208 Å². The van der Waals surface area contributed by atoms with E-state index in [1.807, 2.05) is 0 Å². The fourth-order valence-electron chi connectivity index (χ4n) is 5.81. The summed E-state index contributed by atoms with van der Waals surface area (Å²) in [6, 6.07) is 3.43. The van der Waals surface area contributed by atoms with Crippen LogP contribution in [0.4, 0.5) is 20.4 Å². The first-order valence-electron chi connectivity index (χ1n) is 12.6. The van der Waals surface area contributed by atoms with Crippen LogP contribution in [0.1, 0.15) is 55.0 Å². The lowest BCUT2D eigenvalue weighted by Crippen LogP contribution is -2.56. The summed E-state index contributed by atoms with van der Waals surface area (Å²) in [5, 5.41) is 18.7. The fourth-order valence-corrected chi connectivity index (χ4v) is 5.81. The molecule has 8 nitrogen and oxygen atoms in total. The molecule has 3 aromatic rings. The number of hydrogen-bond acceptors (Lipinski definition) is 7. The van der Waals surface area contributed by atoms with Gasteiger partial charge in [-0.2, -0.15) is 5.10 Å². The maximum Gasteiger partial charge on any atom is 0.272 e. The number of fused-ring (bicyclic) bond motifs is 1. The zero-order chi connectivity index (χ0) is 25.2. The van der Waals surface area contributed by atoms with Crippen molar-refractivity contribution in [1.82, 2.24) is 24.6 Å². The average molecular weight is 499 g/mol. The number of aliphatic hydroxyl groups is 1. The van der Waals surface area contributed by atoms with Crippen molar-refractivity contribution < 1.29 is 18.6 Å². The molecule has 2 aliphatic heterocycles. The third-order valence-corrected chi connectivity index (χ3v) is 8.39. The molecule has 1 saturated carbocycles. The Morgan fingerprint density at radius 3 is 2.58 bits per heavy atom. The van der Waals surface area contributed by atoms with Crippen LogP contribution in [0.15, 0.2) is 24.5 Å². The Balaban J connectivity index is 1.20. The molecule has 3 fully saturated rings. The van der Waals surface area contributed by atoms with E-state index in [0.29, 0.717) is 36.5 Å².